The van der Waals surface area contributed by atoms with Crippen molar-refractivity contribution >= 4 is 23.9 Å². The number of rotatable bonds is 16. The van der Waals surface area contributed by atoms with E-state index < -0.39 is 35.9 Å². The van der Waals surface area contributed by atoms with Crippen molar-refractivity contribution in [3.05, 3.63) is 0 Å². The molecule has 0 heterocycles. The van der Waals surface area contributed by atoms with Gasteiger partial charge in [-0.25, -0.2) is 19.2 Å². The molecule has 1 N–H and O–H groups in total. The molecule has 28 heavy (non-hydrogen) atoms. The fraction of sp³-hybridized carbons (Fsp3) is 0.750. The van der Waals surface area contributed by atoms with Crippen LogP contribution in [0.1, 0.15) is 0 Å². The summed E-state index contributed by atoms with van der Waals surface area (Å²) in [6.45, 7) is -2.50. The van der Waals surface area contributed by atoms with Crippen molar-refractivity contribution in [2.45, 2.75) is 0 Å². The number of hydrogen-bond acceptors (Lipinski definition) is 11. The van der Waals surface area contributed by atoms with Crippen LogP contribution in [0.25, 0.3) is 0 Å². The van der Waals surface area contributed by atoms with Crippen LogP contribution in [0.5, 0.6) is 0 Å². The first kappa shape index (κ1) is 25.7. The number of carboxylic acid groups (broad SMARTS) is 1. The summed E-state index contributed by atoms with van der Waals surface area (Å²) in [5.74, 6) is -3.10. The quantitative estimate of drug-likeness (QED) is 0.236. The van der Waals surface area contributed by atoms with Gasteiger partial charge in [0.15, 0.2) is 0 Å². The summed E-state index contributed by atoms with van der Waals surface area (Å²) in [4.78, 5) is 44.4. The number of carbonyl (C=O) groups is 4. The zero-order chi connectivity index (χ0) is 21.4. The molecule has 0 saturated heterocycles. The Morgan fingerprint density at radius 3 is 1.14 bits per heavy atom. The molecule has 0 spiro atoms. The highest BCUT2D eigenvalue weighted by Gasteiger charge is 2.34. The second kappa shape index (κ2) is 14.7. The molecule has 12 heteroatoms. The van der Waals surface area contributed by atoms with Gasteiger partial charge in [0.25, 0.3) is 0 Å². The summed E-state index contributed by atoms with van der Waals surface area (Å²) in [5.41, 5.74) is -1.13. The van der Waals surface area contributed by atoms with Gasteiger partial charge < -0.3 is 38.3 Å². The maximum Gasteiger partial charge on any atom is 0.331 e. The Morgan fingerprint density at radius 1 is 0.607 bits per heavy atom. The second-order valence-electron chi connectivity index (χ2n) is 5.59. The Bertz CT molecular complexity index is 449. The molecule has 0 amide bonds. The first-order valence-corrected chi connectivity index (χ1v) is 8.02. The smallest absolute Gasteiger partial charge is 0.331 e. The molecule has 0 saturated carbocycles. The maximum absolute atomic E-state index is 11.2. The zero-order valence-corrected chi connectivity index (χ0v) is 16.1. The van der Waals surface area contributed by atoms with Crippen molar-refractivity contribution in [3.8, 4) is 0 Å². The molecule has 0 fully saturated rings. The first-order chi connectivity index (χ1) is 13.3. The lowest BCUT2D eigenvalue weighted by Gasteiger charge is -2.32. The van der Waals surface area contributed by atoms with E-state index in [4.69, 9.17) is 24.1 Å². The Kier molecular flexibility index (Phi) is 13.5. The van der Waals surface area contributed by atoms with Crippen molar-refractivity contribution in [2.75, 3.05) is 74.2 Å². The van der Waals surface area contributed by atoms with Crippen molar-refractivity contribution in [1.82, 2.24) is 0 Å². The van der Waals surface area contributed by atoms with Crippen LogP contribution in [0.3, 0.4) is 0 Å². The number of aliphatic carboxylic acids is 1. The Hall–Kier alpha value is -2.28. The van der Waals surface area contributed by atoms with E-state index in [0.717, 1.165) is 0 Å². The first-order valence-electron chi connectivity index (χ1n) is 8.02. The number of hydrogen-bond donors (Lipinski definition) is 1. The minimum Gasteiger partial charge on any atom is -0.480 e. The number of ether oxygens (including phenoxy) is 7. The molecule has 0 rings (SSSR count). The molecule has 12 nitrogen and oxygen atoms in total. The van der Waals surface area contributed by atoms with E-state index in [9.17, 15) is 19.2 Å². The van der Waals surface area contributed by atoms with E-state index in [1.54, 1.807) is 0 Å². The highest BCUT2D eigenvalue weighted by Crippen LogP contribution is 2.21. The predicted octanol–water partition coefficient (Wildman–Crippen LogP) is -1.36. The minimum absolute atomic E-state index is 0.177. The average molecular weight is 410 g/mol. The molecule has 0 bridgehead atoms. The number of carboxylic acids is 1. The predicted molar refractivity (Wildman–Crippen MR) is 89.4 cm³/mol. The average Bonchev–Trinajstić information content (AvgIpc) is 2.66. The van der Waals surface area contributed by atoms with Gasteiger partial charge in [-0.1, -0.05) is 0 Å². The maximum atomic E-state index is 11.2. The summed E-state index contributed by atoms with van der Waals surface area (Å²) < 4.78 is 34.4. The summed E-state index contributed by atoms with van der Waals surface area (Å²) in [6, 6.07) is 0. The third-order valence-corrected chi connectivity index (χ3v) is 3.20. The van der Waals surface area contributed by atoms with Crippen molar-refractivity contribution < 1.29 is 57.4 Å². The molecule has 0 aliphatic carbocycles. The Morgan fingerprint density at radius 2 is 0.893 bits per heavy atom. The van der Waals surface area contributed by atoms with E-state index in [2.05, 4.69) is 14.2 Å². The SMILES string of the molecule is COC(=O)COCC(COCC(=O)O)(COCC(=O)OC)COCC(=O)OC. The van der Waals surface area contributed by atoms with Gasteiger partial charge in [0, 0.05) is 0 Å². The van der Waals surface area contributed by atoms with Gasteiger partial charge in [-0.15, -0.1) is 0 Å². The largest absolute Gasteiger partial charge is 0.480 e. The number of carbonyl (C=O) groups excluding carboxylic acids is 3. The molecule has 162 valence electrons. The van der Waals surface area contributed by atoms with Crippen LogP contribution in [0.4, 0.5) is 0 Å². The second-order valence-corrected chi connectivity index (χ2v) is 5.59. The van der Waals surface area contributed by atoms with E-state index in [0.29, 0.717) is 0 Å². The third kappa shape index (κ3) is 12.2. The van der Waals surface area contributed by atoms with Gasteiger partial charge in [0.1, 0.15) is 26.4 Å². The lowest BCUT2D eigenvalue weighted by Crippen LogP contribution is -2.43. The molecule has 0 aromatic heterocycles. The van der Waals surface area contributed by atoms with Crippen molar-refractivity contribution in [3.63, 3.8) is 0 Å². The molecular formula is C16H26O12. The fourth-order valence-corrected chi connectivity index (χ4v) is 1.83. The minimum atomic E-state index is -1.20. The molecule has 0 aliphatic rings. The van der Waals surface area contributed by atoms with Crippen LogP contribution in [0, 0.1) is 5.41 Å². The van der Waals surface area contributed by atoms with Crippen LogP contribution in [-0.2, 0) is 52.3 Å². The highest BCUT2D eigenvalue weighted by atomic mass is 16.6. The van der Waals surface area contributed by atoms with Gasteiger partial charge in [-0.3, -0.25) is 0 Å². The lowest BCUT2D eigenvalue weighted by molar-refractivity contribution is -0.160. The van der Waals surface area contributed by atoms with Crippen molar-refractivity contribution in [2.24, 2.45) is 5.41 Å². The van der Waals surface area contributed by atoms with Gasteiger partial charge in [-0.2, -0.15) is 0 Å². The molecule has 0 radical (unpaired) electrons. The van der Waals surface area contributed by atoms with E-state index >= 15 is 0 Å². The highest BCUT2D eigenvalue weighted by molar-refractivity contribution is 5.71. The summed E-state index contributed by atoms with van der Waals surface area (Å²) in [6.07, 6.45) is 0. The topological polar surface area (TPSA) is 153 Å². The molecule has 0 aliphatic heterocycles. The van der Waals surface area contributed by atoms with Crippen LogP contribution in [0.2, 0.25) is 0 Å². The molecular weight excluding hydrogens is 384 g/mol. The van der Waals surface area contributed by atoms with E-state index in [-0.39, 0.29) is 46.2 Å². The normalized spacial score (nSPS) is 11.0. The lowest BCUT2D eigenvalue weighted by atomic mass is 9.92. The van der Waals surface area contributed by atoms with Gasteiger partial charge in [0.05, 0.1) is 53.2 Å². The van der Waals surface area contributed by atoms with Crippen LogP contribution >= 0.6 is 0 Å². The molecule has 0 unspecified atom stereocenters. The van der Waals surface area contributed by atoms with Gasteiger partial charge in [0.2, 0.25) is 0 Å². The molecule has 0 aromatic rings. The monoisotopic (exact) mass is 410 g/mol. The van der Waals surface area contributed by atoms with Gasteiger partial charge in [-0.05, 0) is 0 Å². The summed E-state index contributed by atoms with van der Waals surface area (Å²) in [7, 11) is 3.57. The molecule has 0 atom stereocenters. The zero-order valence-electron chi connectivity index (χ0n) is 16.1. The molecule has 0 aromatic carbocycles. The summed E-state index contributed by atoms with van der Waals surface area (Å²) in [5, 5.41) is 8.75. The Balaban J connectivity index is 5.09. The van der Waals surface area contributed by atoms with Crippen LogP contribution in [0.15, 0.2) is 0 Å². The van der Waals surface area contributed by atoms with Gasteiger partial charge >= 0.3 is 23.9 Å². The number of esters is 3. The van der Waals surface area contributed by atoms with Crippen LogP contribution in [-0.4, -0.2) is 103 Å². The van der Waals surface area contributed by atoms with Crippen LogP contribution < -0.4 is 0 Å². The van der Waals surface area contributed by atoms with E-state index in [1.807, 2.05) is 0 Å². The van der Waals surface area contributed by atoms with Crippen molar-refractivity contribution in [1.29, 1.82) is 0 Å². The standard InChI is InChI=1S/C16H26O12/c1-22-13(19)5-26-9-16(8-25-4-12(17)18,10-27-6-14(20)23-2)11-28-7-15(21)24-3/h4-11H2,1-3H3,(H,17,18). The fourth-order valence-electron chi connectivity index (χ4n) is 1.83. The third-order valence-electron chi connectivity index (χ3n) is 3.20. The Labute approximate surface area is 161 Å². The van der Waals surface area contributed by atoms with E-state index in [1.165, 1.54) is 21.3 Å². The summed E-state index contributed by atoms with van der Waals surface area (Å²) >= 11 is 0. The number of methoxy groups -OCH3 is 3.